The molecule has 0 bridgehead atoms. The zero-order chi connectivity index (χ0) is 13.8. The second-order valence-electron chi connectivity index (χ2n) is 4.54. The van der Waals surface area contributed by atoms with Gasteiger partial charge in [0, 0.05) is 28.8 Å². The fourth-order valence-corrected chi connectivity index (χ4v) is 2.50. The van der Waals surface area contributed by atoms with Crippen LogP contribution in [-0.2, 0) is 6.42 Å². The first-order valence-electron chi connectivity index (χ1n) is 6.14. The predicted octanol–water partition coefficient (Wildman–Crippen LogP) is 3.79. The Morgan fingerprint density at radius 2 is 2.11 bits per heavy atom. The predicted molar refractivity (Wildman–Crippen MR) is 78.6 cm³/mol. The normalized spacial score (nSPS) is 12.4. The number of halogens is 2. The van der Waals surface area contributed by atoms with Crippen molar-refractivity contribution in [1.82, 2.24) is 10.3 Å². The molecule has 1 N–H and O–H groups in total. The van der Waals surface area contributed by atoms with E-state index in [1.54, 1.807) is 12.1 Å². The van der Waals surface area contributed by atoms with E-state index in [9.17, 15) is 4.39 Å². The molecule has 1 aromatic carbocycles. The first-order valence-corrected chi connectivity index (χ1v) is 6.93. The topological polar surface area (TPSA) is 24.9 Å². The smallest absolute Gasteiger partial charge is 0.123 e. The van der Waals surface area contributed by atoms with E-state index in [4.69, 9.17) is 0 Å². The van der Waals surface area contributed by atoms with Crippen LogP contribution in [0.25, 0.3) is 0 Å². The van der Waals surface area contributed by atoms with Crippen molar-refractivity contribution >= 4 is 15.9 Å². The van der Waals surface area contributed by atoms with Crippen LogP contribution in [0.1, 0.15) is 22.9 Å². The zero-order valence-electron chi connectivity index (χ0n) is 11.0. The Kier molecular flexibility index (Phi) is 4.66. The maximum atomic E-state index is 13.4. The quantitative estimate of drug-likeness (QED) is 0.926. The molecule has 1 atom stereocenters. The van der Waals surface area contributed by atoms with E-state index >= 15 is 0 Å². The number of pyridine rings is 1. The van der Waals surface area contributed by atoms with Crippen molar-refractivity contribution in [2.75, 3.05) is 7.05 Å². The molecule has 1 aromatic heterocycles. The van der Waals surface area contributed by atoms with Crippen LogP contribution in [0, 0.1) is 12.7 Å². The summed E-state index contributed by atoms with van der Waals surface area (Å²) in [4.78, 5) is 4.39. The van der Waals surface area contributed by atoms with E-state index in [1.165, 1.54) is 6.07 Å². The van der Waals surface area contributed by atoms with Gasteiger partial charge >= 0.3 is 0 Å². The summed E-state index contributed by atoms with van der Waals surface area (Å²) in [6.07, 6.45) is 2.57. The van der Waals surface area contributed by atoms with Gasteiger partial charge in [0.05, 0.1) is 0 Å². The third-order valence-corrected chi connectivity index (χ3v) is 3.79. The molecule has 4 heteroatoms. The highest BCUT2D eigenvalue weighted by Gasteiger charge is 2.14. The Bertz CT molecular complexity index is 555. The lowest BCUT2D eigenvalue weighted by Gasteiger charge is -2.18. The summed E-state index contributed by atoms with van der Waals surface area (Å²) < 4.78 is 14.3. The minimum atomic E-state index is -0.227. The molecular formula is C15H16BrFN2. The number of hydrogen-bond acceptors (Lipinski definition) is 2. The lowest BCUT2D eigenvalue weighted by atomic mass is 10.0. The van der Waals surface area contributed by atoms with E-state index < -0.39 is 0 Å². The van der Waals surface area contributed by atoms with E-state index in [2.05, 4.69) is 26.2 Å². The first-order chi connectivity index (χ1) is 9.10. The van der Waals surface area contributed by atoms with Crippen LogP contribution in [0.3, 0.4) is 0 Å². The Balaban J connectivity index is 2.24. The van der Waals surface area contributed by atoms with Gasteiger partial charge in [-0.25, -0.2) is 4.39 Å². The third-order valence-electron chi connectivity index (χ3n) is 3.07. The summed E-state index contributed by atoms with van der Waals surface area (Å²) in [5.74, 6) is -0.227. The zero-order valence-corrected chi connectivity index (χ0v) is 12.5. The van der Waals surface area contributed by atoms with Crippen molar-refractivity contribution in [1.29, 1.82) is 0 Å². The van der Waals surface area contributed by atoms with Gasteiger partial charge in [0.15, 0.2) is 0 Å². The van der Waals surface area contributed by atoms with Crippen molar-refractivity contribution in [2.24, 2.45) is 0 Å². The fourth-order valence-electron chi connectivity index (χ4n) is 1.98. The van der Waals surface area contributed by atoms with Gasteiger partial charge in [0.1, 0.15) is 5.82 Å². The molecule has 0 aliphatic rings. The molecule has 100 valence electrons. The number of likely N-dealkylation sites (N-methyl/N-ethyl adjacent to an activating group) is 1. The van der Waals surface area contributed by atoms with Crippen LogP contribution in [-0.4, -0.2) is 12.0 Å². The highest BCUT2D eigenvalue weighted by molar-refractivity contribution is 9.10. The van der Waals surface area contributed by atoms with E-state index in [0.717, 1.165) is 27.7 Å². The van der Waals surface area contributed by atoms with Crippen LogP contribution in [0.4, 0.5) is 4.39 Å². The molecule has 0 radical (unpaired) electrons. The van der Waals surface area contributed by atoms with Gasteiger partial charge in [-0.2, -0.15) is 0 Å². The van der Waals surface area contributed by atoms with Crippen molar-refractivity contribution in [3.05, 3.63) is 63.6 Å². The molecule has 0 fully saturated rings. The Hall–Kier alpha value is -1.26. The van der Waals surface area contributed by atoms with Crippen LogP contribution < -0.4 is 5.32 Å². The Morgan fingerprint density at radius 1 is 1.32 bits per heavy atom. The van der Waals surface area contributed by atoms with Crippen molar-refractivity contribution in [3.63, 3.8) is 0 Å². The molecule has 0 aliphatic carbocycles. The number of benzene rings is 1. The van der Waals surface area contributed by atoms with Crippen molar-refractivity contribution < 1.29 is 4.39 Å². The summed E-state index contributed by atoms with van der Waals surface area (Å²) in [6, 6.07) is 8.81. The Morgan fingerprint density at radius 3 is 2.74 bits per heavy atom. The maximum absolute atomic E-state index is 13.4. The highest BCUT2D eigenvalue weighted by atomic mass is 79.9. The molecule has 0 saturated heterocycles. The number of nitrogens with one attached hydrogen (secondary N) is 1. The van der Waals surface area contributed by atoms with Crippen LogP contribution >= 0.6 is 15.9 Å². The Labute approximate surface area is 121 Å². The minimum absolute atomic E-state index is 0.0280. The molecule has 0 amide bonds. The lowest BCUT2D eigenvalue weighted by Crippen LogP contribution is -2.20. The first kappa shape index (κ1) is 14.2. The average molecular weight is 323 g/mol. The van der Waals surface area contributed by atoms with Gasteiger partial charge in [0.25, 0.3) is 0 Å². The van der Waals surface area contributed by atoms with Crippen LogP contribution in [0.5, 0.6) is 0 Å². The van der Waals surface area contributed by atoms with Crippen molar-refractivity contribution in [2.45, 2.75) is 19.4 Å². The van der Waals surface area contributed by atoms with Crippen LogP contribution in [0.15, 0.2) is 41.0 Å². The molecule has 1 heterocycles. The van der Waals surface area contributed by atoms with Gasteiger partial charge in [-0.05, 0) is 49.4 Å². The second-order valence-corrected chi connectivity index (χ2v) is 5.39. The number of aryl methyl sites for hydroxylation is 1. The molecule has 19 heavy (non-hydrogen) atoms. The summed E-state index contributed by atoms with van der Waals surface area (Å²) in [5, 5.41) is 3.21. The molecule has 1 unspecified atom stereocenters. The summed E-state index contributed by atoms with van der Waals surface area (Å²) in [6.45, 7) is 2.01. The largest absolute Gasteiger partial charge is 0.313 e. The van der Waals surface area contributed by atoms with Crippen LogP contribution in [0.2, 0.25) is 0 Å². The van der Waals surface area contributed by atoms with Gasteiger partial charge in [-0.15, -0.1) is 0 Å². The van der Waals surface area contributed by atoms with Gasteiger partial charge in [-0.3, -0.25) is 4.98 Å². The molecule has 2 nitrogen and oxygen atoms in total. The molecule has 0 aliphatic heterocycles. The fraction of sp³-hybridized carbons (Fsp3) is 0.267. The third kappa shape index (κ3) is 3.61. The summed E-state index contributed by atoms with van der Waals surface area (Å²) in [7, 11) is 1.87. The average Bonchev–Trinajstić information content (AvgIpc) is 2.41. The van der Waals surface area contributed by atoms with Crippen molar-refractivity contribution in [3.8, 4) is 0 Å². The number of rotatable bonds is 4. The van der Waals surface area contributed by atoms with E-state index in [1.807, 2.05) is 32.3 Å². The standard InChI is InChI=1S/C15H16BrFN2/c1-10-3-5-12(19-9-10)8-15(18-2)13-7-11(17)4-6-14(13)16/h3-7,9,15,18H,8H2,1-2H3. The second kappa shape index (κ2) is 6.26. The number of aromatic nitrogens is 1. The molecule has 2 rings (SSSR count). The monoisotopic (exact) mass is 322 g/mol. The molecular weight excluding hydrogens is 307 g/mol. The highest BCUT2D eigenvalue weighted by Crippen LogP contribution is 2.26. The summed E-state index contributed by atoms with van der Waals surface area (Å²) in [5.41, 5.74) is 3.03. The number of hydrogen-bond donors (Lipinski definition) is 1. The SMILES string of the molecule is CNC(Cc1ccc(C)cn1)c1cc(F)ccc1Br. The summed E-state index contributed by atoms with van der Waals surface area (Å²) >= 11 is 3.47. The van der Waals surface area contributed by atoms with E-state index in [-0.39, 0.29) is 11.9 Å². The van der Waals surface area contributed by atoms with Gasteiger partial charge in [0.2, 0.25) is 0 Å². The molecule has 0 spiro atoms. The van der Waals surface area contributed by atoms with E-state index in [0.29, 0.717) is 0 Å². The lowest BCUT2D eigenvalue weighted by molar-refractivity contribution is 0.569. The van der Waals surface area contributed by atoms with Gasteiger partial charge < -0.3 is 5.32 Å². The minimum Gasteiger partial charge on any atom is -0.313 e. The molecule has 0 saturated carbocycles. The van der Waals surface area contributed by atoms with Gasteiger partial charge in [-0.1, -0.05) is 22.0 Å². The number of nitrogens with zero attached hydrogens (tertiary/aromatic N) is 1. The molecule has 2 aromatic rings. The maximum Gasteiger partial charge on any atom is 0.123 e.